The summed E-state index contributed by atoms with van der Waals surface area (Å²) in [5.74, 6) is 0. The minimum atomic E-state index is 0. The van der Waals surface area contributed by atoms with Gasteiger partial charge >= 0.3 is 0 Å². The van der Waals surface area contributed by atoms with Crippen molar-refractivity contribution in [2.45, 2.75) is 71.1 Å². The van der Waals surface area contributed by atoms with E-state index >= 15 is 0 Å². The largest absolute Gasteiger partial charge is 0.197 e. The van der Waals surface area contributed by atoms with Gasteiger partial charge in [0.1, 0.15) is 0 Å². The Balaban J connectivity index is 0. The molecule has 1 radical (unpaired) electrons. The molecule has 0 unspecified atom stereocenters. The van der Waals surface area contributed by atoms with Gasteiger partial charge in [-0.15, -0.1) is 0 Å². The lowest BCUT2D eigenvalue weighted by Gasteiger charge is -1.99. The van der Waals surface area contributed by atoms with Crippen LogP contribution in [-0.4, -0.2) is 0 Å². The van der Waals surface area contributed by atoms with Crippen molar-refractivity contribution in [2.75, 3.05) is 0 Å². The third-order valence-corrected chi connectivity index (χ3v) is 2.35. The van der Waals surface area contributed by atoms with Crippen molar-refractivity contribution in [3.63, 3.8) is 0 Å². The van der Waals surface area contributed by atoms with Gasteiger partial charge in [-0.25, -0.2) is 0 Å². The molecule has 1 heteroatoms. The molecule has 0 nitrogen and oxygen atoms in total. The summed E-state index contributed by atoms with van der Waals surface area (Å²) in [4.78, 5) is 0. The molecule has 0 rings (SSSR count). The van der Waals surface area contributed by atoms with Gasteiger partial charge < -0.3 is 0 Å². The molecule has 0 aromatic carbocycles. The van der Waals surface area contributed by atoms with E-state index in [4.69, 9.17) is 0 Å². The second-order valence-corrected chi connectivity index (χ2v) is 3.68. The predicted octanol–water partition coefficient (Wildman–Crippen LogP) is 4.85. The van der Waals surface area contributed by atoms with Crippen LogP contribution in [0.25, 0.3) is 0 Å². The number of rotatable bonds is 9. The maximum Gasteiger partial charge on any atom is -0.0533 e. The first-order valence-electron chi connectivity index (χ1n) is 5.71. The van der Waals surface area contributed by atoms with Gasteiger partial charge in [0.05, 0.1) is 0 Å². The average Bonchev–Trinajstić information content (AvgIpc) is 2.10. The molecule has 0 atom stereocenters. The molecule has 0 saturated carbocycles. The van der Waals surface area contributed by atoms with Gasteiger partial charge in [-0.3, -0.25) is 0 Å². The van der Waals surface area contributed by atoms with Crippen LogP contribution >= 0.6 is 13.5 Å². The molecule has 0 spiro atoms. The van der Waals surface area contributed by atoms with Crippen LogP contribution in [0.5, 0.6) is 0 Å². The molecule has 13 heavy (non-hydrogen) atoms. The highest BCUT2D eigenvalue weighted by atomic mass is 32.1. The molecule has 0 aromatic heterocycles. The van der Waals surface area contributed by atoms with E-state index in [1.807, 2.05) is 0 Å². The Kier molecular flexibility index (Phi) is 18.1. The van der Waals surface area contributed by atoms with E-state index in [0.29, 0.717) is 0 Å². The second-order valence-electron chi connectivity index (χ2n) is 3.68. The maximum atomic E-state index is 3.84. The number of unbranched alkanes of at least 4 members (excludes halogenated alkanes) is 9. The van der Waals surface area contributed by atoms with E-state index in [9.17, 15) is 0 Å². The van der Waals surface area contributed by atoms with E-state index in [-0.39, 0.29) is 13.5 Å². The summed E-state index contributed by atoms with van der Waals surface area (Å²) in [5.41, 5.74) is 0. The van der Waals surface area contributed by atoms with Crippen LogP contribution in [0.3, 0.4) is 0 Å². The summed E-state index contributed by atoms with van der Waals surface area (Å²) in [6.07, 6.45) is 13.9. The molecule has 0 aliphatic heterocycles. The molecule has 0 N–H and O–H groups in total. The Morgan fingerprint density at radius 1 is 0.692 bits per heavy atom. The van der Waals surface area contributed by atoms with Crippen molar-refractivity contribution in [3.05, 3.63) is 6.92 Å². The summed E-state index contributed by atoms with van der Waals surface area (Å²) < 4.78 is 0. The zero-order valence-corrected chi connectivity index (χ0v) is 10.3. The van der Waals surface area contributed by atoms with Crippen molar-refractivity contribution in [2.24, 2.45) is 0 Å². The Labute approximate surface area is 91.9 Å². The summed E-state index contributed by atoms with van der Waals surface area (Å²) >= 11 is 0. The van der Waals surface area contributed by atoms with Crippen LogP contribution in [0.15, 0.2) is 0 Å². The fraction of sp³-hybridized carbons (Fsp3) is 0.917. The second kappa shape index (κ2) is 14.9. The van der Waals surface area contributed by atoms with Gasteiger partial charge in [0, 0.05) is 0 Å². The molecule has 0 aromatic rings. The lowest BCUT2D eigenvalue weighted by Crippen LogP contribution is -1.80. The van der Waals surface area contributed by atoms with E-state index < -0.39 is 0 Å². The Bertz CT molecular complexity index is 61.5. The fourth-order valence-electron chi connectivity index (χ4n) is 1.49. The molecule has 0 aliphatic carbocycles. The molecular formula is C12H27S. The minimum absolute atomic E-state index is 0. The third kappa shape index (κ3) is 15.1. The fourth-order valence-corrected chi connectivity index (χ4v) is 1.49. The molecule has 0 fully saturated rings. The van der Waals surface area contributed by atoms with Gasteiger partial charge in [-0.1, -0.05) is 78.1 Å². The van der Waals surface area contributed by atoms with Gasteiger partial charge in [0.2, 0.25) is 0 Å². The highest BCUT2D eigenvalue weighted by Crippen LogP contribution is 2.09. The van der Waals surface area contributed by atoms with E-state index in [2.05, 4.69) is 13.8 Å². The van der Waals surface area contributed by atoms with Crippen molar-refractivity contribution in [1.82, 2.24) is 0 Å². The van der Waals surface area contributed by atoms with Crippen LogP contribution in [0, 0.1) is 6.92 Å². The monoisotopic (exact) mass is 203 g/mol. The standard InChI is InChI=1S/C12H25.H2S/c1-3-5-7-9-11-12-10-8-6-4-2;/h1,3-12H2,2H3;1H2. The zero-order valence-electron chi connectivity index (χ0n) is 9.28. The molecule has 81 valence electrons. The highest BCUT2D eigenvalue weighted by molar-refractivity contribution is 7.59. The Morgan fingerprint density at radius 2 is 1.08 bits per heavy atom. The first-order valence-corrected chi connectivity index (χ1v) is 5.71. The summed E-state index contributed by atoms with van der Waals surface area (Å²) in [6.45, 7) is 6.12. The lowest BCUT2D eigenvalue weighted by atomic mass is 10.1. The molecule has 0 amide bonds. The van der Waals surface area contributed by atoms with Crippen molar-refractivity contribution in [3.8, 4) is 0 Å². The SMILES string of the molecule is S.[CH2]CCCCCCCCCCC. The third-order valence-electron chi connectivity index (χ3n) is 2.35. The van der Waals surface area contributed by atoms with Crippen molar-refractivity contribution in [1.29, 1.82) is 0 Å². The molecular weight excluding hydrogens is 176 g/mol. The summed E-state index contributed by atoms with van der Waals surface area (Å²) in [6, 6.07) is 0. The number of hydrogen-bond donors (Lipinski definition) is 0. The number of hydrogen-bond acceptors (Lipinski definition) is 0. The Morgan fingerprint density at radius 3 is 1.46 bits per heavy atom. The minimum Gasteiger partial charge on any atom is -0.197 e. The molecule has 0 saturated heterocycles. The predicted molar refractivity (Wildman–Crippen MR) is 67.6 cm³/mol. The molecule has 0 aliphatic rings. The summed E-state index contributed by atoms with van der Waals surface area (Å²) in [7, 11) is 0. The first kappa shape index (κ1) is 15.8. The van der Waals surface area contributed by atoms with Crippen molar-refractivity contribution >= 4 is 13.5 Å². The van der Waals surface area contributed by atoms with Crippen LogP contribution in [0.4, 0.5) is 0 Å². The highest BCUT2D eigenvalue weighted by Gasteiger charge is 1.90. The smallest absolute Gasteiger partial charge is 0.0533 e. The van der Waals surface area contributed by atoms with Gasteiger partial charge in [-0.2, -0.15) is 13.5 Å². The van der Waals surface area contributed by atoms with Gasteiger partial charge in [-0.05, 0) is 0 Å². The summed E-state index contributed by atoms with van der Waals surface area (Å²) in [5, 5.41) is 0. The average molecular weight is 203 g/mol. The van der Waals surface area contributed by atoms with Crippen LogP contribution in [0.1, 0.15) is 71.1 Å². The van der Waals surface area contributed by atoms with E-state index in [1.54, 1.807) is 0 Å². The lowest BCUT2D eigenvalue weighted by molar-refractivity contribution is 0.566. The van der Waals surface area contributed by atoms with E-state index in [0.717, 1.165) is 6.42 Å². The quantitative estimate of drug-likeness (QED) is 0.470. The first-order chi connectivity index (χ1) is 5.91. The van der Waals surface area contributed by atoms with Gasteiger partial charge in [0.25, 0.3) is 0 Å². The van der Waals surface area contributed by atoms with E-state index in [1.165, 1.54) is 57.8 Å². The topological polar surface area (TPSA) is 0 Å². The van der Waals surface area contributed by atoms with Crippen molar-refractivity contribution < 1.29 is 0 Å². The Hall–Kier alpha value is 0.350. The van der Waals surface area contributed by atoms with Crippen LogP contribution in [-0.2, 0) is 0 Å². The normalized spacial score (nSPS) is 9.69. The maximum absolute atomic E-state index is 3.84. The van der Waals surface area contributed by atoms with Crippen LogP contribution < -0.4 is 0 Å². The van der Waals surface area contributed by atoms with Gasteiger partial charge in [0.15, 0.2) is 0 Å². The zero-order chi connectivity index (χ0) is 9.07. The molecule has 0 bridgehead atoms. The molecule has 0 heterocycles. The van der Waals surface area contributed by atoms with Crippen LogP contribution in [0.2, 0.25) is 0 Å².